The maximum atomic E-state index is 13.4. The number of nitrogens with zero attached hydrogens (tertiary/aromatic N) is 3. The number of hydrogen-bond donors (Lipinski definition) is 1. The molecule has 2 fully saturated rings. The lowest BCUT2D eigenvalue weighted by molar-refractivity contribution is 0.215. The summed E-state index contributed by atoms with van der Waals surface area (Å²) in [7, 11) is 3.93. The van der Waals surface area contributed by atoms with Crippen LogP contribution in [0, 0.1) is 16.6 Å². The second kappa shape index (κ2) is 7.64. The maximum Gasteiger partial charge on any atom is 0.270 e. The number of H-pyrrole nitrogens is 1. The van der Waals surface area contributed by atoms with Crippen molar-refractivity contribution in [3.05, 3.63) is 78.9 Å². The van der Waals surface area contributed by atoms with Crippen molar-refractivity contribution in [2.75, 3.05) is 0 Å². The van der Waals surface area contributed by atoms with Crippen LogP contribution >= 0.6 is 0 Å². The van der Waals surface area contributed by atoms with Gasteiger partial charge in [-0.25, -0.2) is 9.07 Å². The van der Waals surface area contributed by atoms with Crippen LogP contribution in [0.5, 0.6) is 0 Å². The highest BCUT2D eigenvalue weighted by atomic mass is 19.1. The molecule has 2 heterocycles. The number of benzene rings is 1. The Bertz CT molecular complexity index is 1580. The molecule has 7 heteroatoms. The quantitative estimate of drug-likeness (QED) is 0.489. The number of rotatable bonds is 2. The third-order valence-electron chi connectivity index (χ3n) is 11.9. The number of halogens is 1. The van der Waals surface area contributed by atoms with Crippen molar-refractivity contribution in [3.63, 3.8) is 0 Å². The van der Waals surface area contributed by atoms with Gasteiger partial charge in [0.15, 0.2) is 0 Å². The van der Waals surface area contributed by atoms with Crippen LogP contribution in [0.3, 0.4) is 0 Å². The highest BCUT2D eigenvalue weighted by Gasteiger charge is 2.63. The minimum absolute atomic E-state index is 0.0497. The number of hydrogen-bond acceptors (Lipinski definition) is 2. The Labute approximate surface area is 223 Å². The first-order valence-corrected chi connectivity index (χ1v) is 14.0. The van der Waals surface area contributed by atoms with E-state index < -0.39 is 0 Å². The summed E-state index contributed by atoms with van der Waals surface area (Å²) in [5, 5.41) is 2.90. The van der Waals surface area contributed by atoms with Crippen LogP contribution in [-0.2, 0) is 31.5 Å². The Balaban J connectivity index is 0.000000152. The fourth-order valence-corrected chi connectivity index (χ4v) is 9.03. The van der Waals surface area contributed by atoms with Crippen molar-refractivity contribution >= 4 is 0 Å². The first-order chi connectivity index (χ1) is 17.7. The van der Waals surface area contributed by atoms with Crippen LogP contribution in [0.4, 0.5) is 4.39 Å². The number of aryl methyl sites for hydroxylation is 1. The molecule has 0 saturated heterocycles. The minimum Gasteiger partial charge on any atom is -0.291 e. The van der Waals surface area contributed by atoms with E-state index in [4.69, 9.17) is 0 Å². The van der Waals surface area contributed by atoms with Gasteiger partial charge >= 0.3 is 0 Å². The summed E-state index contributed by atoms with van der Waals surface area (Å²) >= 11 is 0. The second-order valence-corrected chi connectivity index (χ2v) is 13.8. The molecule has 0 spiro atoms. The van der Waals surface area contributed by atoms with Gasteiger partial charge in [-0.2, -0.15) is 0 Å². The monoisotopic (exact) mass is 520 g/mol. The van der Waals surface area contributed by atoms with E-state index in [-0.39, 0.29) is 38.6 Å². The van der Waals surface area contributed by atoms with E-state index in [9.17, 15) is 14.0 Å². The molecule has 4 aliphatic carbocycles. The highest BCUT2D eigenvalue weighted by molar-refractivity contribution is 5.46. The van der Waals surface area contributed by atoms with Crippen LogP contribution in [0.2, 0.25) is 0 Å². The van der Waals surface area contributed by atoms with Crippen molar-refractivity contribution in [2.24, 2.45) is 24.9 Å². The predicted molar refractivity (Wildman–Crippen MR) is 147 cm³/mol. The molecule has 4 atom stereocenters. The summed E-state index contributed by atoms with van der Waals surface area (Å²) in [6, 6.07) is 6.50. The molecule has 0 unspecified atom stereocenters. The zero-order valence-corrected chi connectivity index (χ0v) is 24.0. The Hall–Kier alpha value is -2.83. The lowest BCUT2D eigenvalue weighted by atomic mass is 9.70. The van der Waals surface area contributed by atoms with Gasteiger partial charge in [-0.1, -0.05) is 53.7 Å². The zero-order valence-electron chi connectivity index (χ0n) is 24.0. The van der Waals surface area contributed by atoms with Gasteiger partial charge in [0, 0.05) is 41.7 Å². The lowest BCUT2D eigenvalue weighted by Crippen LogP contribution is -2.35. The smallest absolute Gasteiger partial charge is 0.270 e. The van der Waals surface area contributed by atoms with Gasteiger partial charge in [0.2, 0.25) is 0 Å². The van der Waals surface area contributed by atoms with E-state index in [1.54, 1.807) is 10.7 Å². The fraction of sp³-hybridized carbons (Fsp3) is 0.613. The molecule has 7 rings (SSSR count). The molecule has 204 valence electrons. The van der Waals surface area contributed by atoms with Gasteiger partial charge in [0.05, 0.1) is 12.2 Å². The third-order valence-corrected chi connectivity index (χ3v) is 11.9. The zero-order chi connectivity index (χ0) is 27.6. The van der Waals surface area contributed by atoms with Crippen molar-refractivity contribution in [1.82, 2.24) is 19.1 Å². The van der Waals surface area contributed by atoms with Gasteiger partial charge in [0.1, 0.15) is 5.82 Å². The van der Waals surface area contributed by atoms with Gasteiger partial charge < -0.3 is 0 Å². The largest absolute Gasteiger partial charge is 0.291 e. The predicted octanol–water partition coefficient (Wildman–Crippen LogP) is 5.44. The number of fused-ring (bicyclic) bond motifs is 10. The molecule has 2 aromatic heterocycles. The van der Waals surface area contributed by atoms with E-state index in [1.165, 1.54) is 36.4 Å². The second-order valence-electron chi connectivity index (χ2n) is 13.8. The molecule has 1 aromatic carbocycles. The summed E-state index contributed by atoms with van der Waals surface area (Å²) in [6.07, 6.45) is 4.61. The number of nitrogens with one attached hydrogen (secondary N) is 1. The van der Waals surface area contributed by atoms with E-state index >= 15 is 0 Å². The summed E-state index contributed by atoms with van der Waals surface area (Å²) < 4.78 is 19.2. The van der Waals surface area contributed by atoms with E-state index in [2.05, 4.69) is 46.6 Å². The Morgan fingerprint density at radius 3 is 2.03 bits per heavy atom. The average molecular weight is 521 g/mol. The summed E-state index contributed by atoms with van der Waals surface area (Å²) in [5.74, 6) is 0.544. The van der Waals surface area contributed by atoms with E-state index in [0.717, 1.165) is 29.5 Å². The minimum atomic E-state index is -0.259. The van der Waals surface area contributed by atoms with Gasteiger partial charge in [0.25, 0.3) is 11.1 Å². The summed E-state index contributed by atoms with van der Waals surface area (Å²) in [6.45, 7) is 14.2. The standard InChI is InChI=1S/C19H23FN2O.C12H18N2O/c1-18(2)14-8-9-19(18,3)16-15(14)17(23)22(21(16)4)11-12-6-5-7-13(20)10-12;1-11(2)7-5-6-12(11,3)9-8(7)10(15)13-14(9)4/h5-7,10,14H,8-9,11H2,1-4H3;7H,5-6H2,1-4H3,(H,13,15)/t14-,19+;7-,12+/m11/s1. The molecule has 0 amide bonds. The fourth-order valence-electron chi connectivity index (χ4n) is 9.03. The van der Waals surface area contributed by atoms with Gasteiger partial charge in [-0.15, -0.1) is 0 Å². The van der Waals surface area contributed by atoms with Gasteiger partial charge in [-0.3, -0.25) is 24.1 Å². The van der Waals surface area contributed by atoms with Crippen molar-refractivity contribution < 1.29 is 4.39 Å². The summed E-state index contributed by atoms with van der Waals surface area (Å²) in [5.41, 5.74) is 6.18. The molecule has 3 aromatic rings. The Morgan fingerprint density at radius 2 is 1.47 bits per heavy atom. The van der Waals surface area contributed by atoms with Crippen molar-refractivity contribution in [2.45, 2.75) is 96.4 Å². The number of aromatic nitrogens is 4. The third kappa shape index (κ3) is 2.88. The molecule has 6 nitrogen and oxygen atoms in total. The molecule has 4 bridgehead atoms. The normalized spacial score (nSPS) is 30.8. The lowest BCUT2D eigenvalue weighted by Gasteiger charge is -2.36. The maximum absolute atomic E-state index is 13.4. The van der Waals surface area contributed by atoms with Crippen LogP contribution in [0.1, 0.15) is 107 Å². The van der Waals surface area contributed by atoms with Crippen LogP contribution in [0.25, 0.3) is 0 Å². The Morgan fingerprint density at radius 1 is 0.895 bits per heavy atom. The molecule has 0 aliphatic heterocycles. The molecule has 0 radical (unpaired) electrons. The molecule has 1 N–H and O–H groups in total. The topological polar surface area (TPSA) is 64.7 Å². The highest BCUT2D eigenvalue weighted by Crippen LogP contribution is 2.67. The van der Waals surface area contributed by atoms with Crippen LogP contribution in [0.15, 0.2) is 33.9 Å². The molecule has 2 saturated carbocycles. The molecule has 4 aliphatic rings. The average Bonchev–Trinajstić information content (AvgIpc) is 3.52. The van der Waals surface area contributed by atoms with E-state index in [1.807, 2.05) is 29.5 Å². The molecular formula is C31H41FN4O2. The van der Waals surface area contributed by atoms with Crippen LogP contribution in [-0.4, -0.2) is 19.1 Å². The van der Waals surface area contributed by atoms with Gasteiger partial charge in [-0.05, 0) is 66.0 Å². The molecule has 38 heavy (non-hydrogen) atoms. The molecular weight excluding hydrogens is 479 g/mol. The Kier molecular flexibility index (Phi) is 5.11. The number of aromatic amines is 1. The van der Waals surface area contributed by atoms with E-state index in [0.29, 0.717) is 18.4 Å². The van der Waals surface area contributed by atoms with Crippen LogP contribution < -0.4 is 11.1 Å². The summed E-state index contributed by atoms with van der Waals surface area (Å²) in [4.78, 5) is 24.9. The van der Waals surface area contributed by atoms with Crippen molar-refractivity contribution in [3.8, 4) is 0 Å². The first-order valence-electron chi connectivity index (χ1n) is 14.0. The first kappa shape index (κ1) is 25.4. The van der Waals surface area contributed by atoms with Crippen molar-refractivity contribution in [1.29, 1.82) is 0 Å². The SMILES string of the molecule is Cn1[nH]c(=O)c2c1[C@]1(C)CC[C@H]2C1(C)C.Cn1c2c(c(=O)n1Cc1cccc(F)c1)[C@H]1CC[C@]2(C)C1(C)C.